The number of alkyl halides is 3. The van der Waals surface area contributed by atoms with E-state index in [1.165, 1.54) is 0 Å². The minimum absolute atomic E-state index is 0.0849. The number of aromatic amines is 2. The molecule has 14 heteroatoms. The van der Waals surface area contributed by atoms with Crippen molar-refractivity contribution >= 4 is 43.5 Å². The second kappa shape index (κ2) is 13.9. The van der Waals surface area contributed by atoms with Crippen LogP contribution in [-0.4, -0.2) is 47.8 Å². The quantitative estimate of drug-likeness (QED) is 0.108. The molecule has 0 aliphatic heterocycles. The maximum absolute atomic E-state index is 13.5. The number of hydrogen-bond acceptors (Lipinski definition) is 6. The molecule has 5 aromatic rings. The number of methoxy groups -OCH3 is 1. The molecule has 0 bridgehead atoms. The molecule has 0 saturated carbocycles. The van der Waals surface area contributed by atoms with Crippen LogP contribution >= 0.6 is 0 Å². The molecular formula is C33H34F3N5O5S. The predicted molar refractivity (Wildman–Crippen MR) is 172 cm³/mol. The van der Waals surface area contributed by atoms with Crippen LogP contribution in [0.15, 0.2) is 66.9 Å². The van der Waals surface area contributed by atoms with Crippen molar-refractivity contribution in [2.45, 2.75) is 57.0 Å². The highest BCUT2D eigenvalue weighted by Gasteiger charge is 2.46. The van der Waals surface area contributed by atoms with Gasteiger partial charge in [-0.05, 0) is 60.4 Å². The number of imidazole rings is 1. The molecule has 2 aromatic heterocycles. The largest absolute Gasteiger partial charge is 0.516 e. The van der Waals surface area contributed by atoms with E-state index in [1.807, 2.05) is 67.6 Å². The number of H-pyrrole nitrogens is 2. The van der Waals surface area contributed by atoms with Gasteiger partial charge in [0.15, 0.2) is 0 Å². The molecule has 47 heavy (non-hydrogen) atoms. The Kier molecular flexibility index (Phi) is 9.89. The van der Waals surface area contributed by atoms with Gasteiger partial charge in [-0.3, -0.25) is 9.59 Å². The number of unbranched alkanes of at least 4 members (excludes halogenated alkanes) is 2. The Labute approximate surface area is 269 Å². The summed E-state index contributed by atoms with van der Waals surface area (Å²) >= 11 is 0. The number of halogens is 3. The van der Waals surface area contributed by atoms with Crippen LogP contribution in [0.1, 0.15) is 55.2 Å². The van der Waals surface area contributed by atoms with Gasteiger partial charge in [0.1, 0.15) is 11.6 Å². The van der Waals surface area contributed by atoms with E-state index in [0.29, 0.717) is 30.8 Å². The summed E-state index contributed by atoms with van der Waals surface area (Å²) in [6.07, 6.45) is 2.80. The van der Waals surface area contributed by atoms with Gasteiger partial charge < -0.3 is 20.0 Å². The highest BCUT2D eigenvalue weighted by Crippen LogP contribution is 2.29. The van der Waals surface area contributed by atoms with E-state index in [9.17, 15) is 31.2 Å². The number of aryl methyl sites for hydroxylation is 1. The molecule has 0 radical (unpaired) electrons. The SMILES string of the molecule is COc1ccc2[nH]c(C)c(CC(=O)N[C@@H](CCCCCC(=O)NS(=O)(=O)C(F)(F)F)c3ncc(-c4ccc5ccccc5c4)[nH]3)c2c1. The van der Waals surface area contributed by atoms with Gasteiger partial charge >= 0.3 is 15.5 Å². The molecule has 0 unspecified atom stereocenters. The van der Waals surface area contributed by atoms with Crippen LogP contribution in [0.2, 0.25) is 0 Å². The monoisotopic (exact) mass is 669 g/mol. The topological polar surface area (TPSA) is 146 Å². The minimum Gasteiger partial charge on any atom is -0.497 e. The fourth-order valence-electron chi connectivity index (χ4n) is 5.49. The van der Waals surface area contributed by atoms with Gasteiger partial charge in [0.25, 0.3) is 0 Å². The van der Waals surface area contributed by atoms with Crippen molar-refractivity contribution in [3.05, 3.63) is 83.9 Å². The summed E-state index contributed by atoms with van der Waals surface area (Å²) in [5, 5.41) is 6.10. The molecule has 5 rings (SSSR count). The van der Waals surface area contributed by atoms with Crippen LogP contribution in [0.5, 0.6) is 5.75 Å². The first-order valence-corrected chi connectivity index (χ1v) is 16.4. The zero-order valence-electron chi connectivity index (χ0n) is 25.7. The van der Waals surface area contributed by atoms with E-state index >= 15 is 0 Å². The van der Waals surface area contributed by atoms with Crippen molar-refractivity contribution in [3.63, 3.8) is 0 Å². The average Bonchev–Trinajstić information content (AvgIpc) is 3.64. The molecule has 0 aliphatic rings. The number of carbonyl (C=O) groups is 2. The Morgan fingerprint density at radius 3 is 2.47 bits per heavy atom. The summed E-state index contributed by atoms with van der Waals surface area (Å²) in [5.74, 6) is -0.295. The average molecular weight is 670 g/mol. The van der Waals surface area contributed by atoms with Crippen molar-refractivity contribution < 1.29 is 35.9 Å². The van der Waals surface area contributed by atoms with Crippen LogP contribution in [0.3, 0.4) is 0 Å². The Balaban J connectivity index is 1.29. The first-order chi connectivity index (χ1) is 22.3. The van der Waals surface area contributed by atoms with E-state index < -0.39 is 33.9 Å². The van der Waals surface area contributed by atoms with E-state index in [1.54, 1.807) is 13.3 Å². The van der Waals surface area contributed by atoms with Crippen molar-refractivity contribution in [1.29, 1.82) is 0 Å². The summed E-state index contributed by atoms with van der Waals surface area (Å²) < 4.78 is 66.5. The number of carbonyl (C=O) groups excluding carboxylic acids is 2. The lowest BCUT2D eigenvalue weighted by molar-refractivity contribution is -0.121. The number of rotatable bonds is 13. The third-order valence-electron chi connectivity index (χ3n) is 7.93. The molecule has 2 amide bonds. The number of benzene rings is 3. The van der Waals surface area contributed by atoms with E-state index in [2.05, 4.69) is 20.3 Å². The lowest BCUT2D eigenvalue weighted by Crippen LogP contribution is -2.40. The second-order valence-corrected chi connectivity index (χ2v) is 12.9. The summed E-state index contributed by atoms with van der Waals surface area (Å²) in [6.45, 7) is 1.89. The number of fused-ring (bicyclic) bond motifs is 2. The third kappa shape index (κ3) is 7.94. The molecule has 4 N–H and O–H groups in total. The first-order valence-electron chi connectivity index (χ1n) is 14.9. The first kappa shape index (κ1) is 33.5. The molecule has 10 nitrogen and oxygen atoms in total. The van der Waals surface area contributed by atoms with Crippen LogP contribution in [0.4, 0.5) is 13.2 Å². The predicted octanol–water partition coefficient (Wildman–Crippen LogP) is 6.34. The Hall–Kier alpha value is -4.85. The number of ether oxygens (including phenoxy) is 1. The fourth-order valence-corrected chi connectivity index (χ4v) is 6.00. The lowest BCUT2D eigenvalue weighted by atomic mass is 10.0. The Morgan fingerprint density at radius 1 is 0.957 bits per heavy atom. The maximum atomic E-state index is 13.5. The zero-order valence-corrected chi connectivity index (χ0v) is 26.5. The molecule has 1 atom stereocenters. The van der Waals surface area contributed by atoms with Gasteiger partial charge in [-0.1, -0.05) is 49.2 Å². The summed E-state index contributed by atoms with van der Waals surface area (Å²) in [5.41, 5.74) is -1.35. The van der Waals surface area contributed by atoms with Crippen LogP contribution in [0.25, 0.3) is 32.9 Å². The van der Waals surface area contributed by atoms with Gasteiger partial charge in [-0.2, -0.15) is 21.6 Å². The molecule has 2 heterocycles. The number of nitrogens with one attached hydrogen (secondary N) is 4. The van der Waals surface area contributed by atoms with Crippen LogP contribution < -0.4 is 14.8 Å². The maximum Gasteiger partial charge on any atom is 0.516 e. The Morgan fingerprint density at radius 2 is 1.72 bits per heavy atom. The van der Waals surface area contributed by atoms with E-state index in [4.69, 9.17) is 4.74 Å². The van der Waals surface area contributed by atoms with Crippen LogP contribution in [0, 0.1) is 6.92 Å². The van der Waals surface area contributed by atoms with Crippen molar-refractivity contribution in [2.75, 3.05) is 7.11 Å². The number of aromatic nitrogens is 3. The zero-order chi connectivity index (χ0) is 33.8. The third-order valence-corrected chi connectivity index (χ3v) is 9.04. The number of nitrogens with zero attached hydrogens (tertiary/aromatic N) is 1. The fraction of sp³-hybridized carbons (Fsp3) is 0.303. The lowest BCUT2D eigenvalue weighted by Gasteiger charge is -2.17. The van der Waals surface area contributed by atoms with Gasteiger partial charge in [-0.25, -0.2) is 9.71 Å². The smallest absolute Gasteiger partial charge is 0.497 e. The van der Waals surface area contributed by atoms with Gasteiger partial charge in [0, 0.05) is 28.6 Å². The number of amides is 2. The van der Waals surface area contributed by atoms with E-state index in [0.717, 1.165) is 48.9 Å². The molecule has 0 saturated heterocycles. The standard InChI is InChI=1S/C33H34F3N5O5S/c1-20-25(26-17-24(46-2)14-15-27(26)38-20)18-31(43)39-28(10-4-3-5-11-30(42)41-47(44,45)33(34,35)36)32-37-19-29(40-32)23-13-12-21-8-6-7-9-22(21)16-23/h6-9,12-17,19,28,38H,3-5,10-11,18H2,1-2H3,(H,37,40)(H,39,43)(H,41,42)/t28-/m0/s1. The number of hydrogen-bond donors (Lipinski definition) is 4. The molecule has 3 aromatic carbocycles. The van der Waals surface area contributed by atoms with Crippen molar-refractivity contribution in [1.82, 2.24) is 25.0 Å². The molecule has 0 fully saturated rings. The molecule has 0 spiro atoms. The molecular weight excluding hydrogens is 635 g/mol. The minimum atomic E-state index is -5.75. The van der Waals surface area contributed by atoms with Crippen molar-refractivity contribution in [3.8, 4) is 17.0 Å². The molecule has 248 valence electrons. The summed E-state index contributed by atoms with van der Waals surface area (Å²) in [6, 6.07) is 19.0. The normalized spacial score (nSPS) is 12.7. The van der Waals surface area contributed by atoms with Gasteiger partial charge in [0.05, 0.1) is 31.5 Å². The molecule has 0 aliphatic carbocycles. The van der Waals surface area contributed by atoms with E-state index in [-0.39, 0.29) is 18.7 Å². The highest BCUT2D eigenvalue weighted by atomic mass is 32.2. The number of sulfonamides is 1. The Bertz CT molecular complexity index is 2020. The van der Waals surface area contributed by atoms with Gasteiger partial charge in [0.2, 0.25) is 11.8 Å². The second-order valence-electron chi connectivity index (χ2n) is 11.3. The van der Waals surface area contributed by atoms with Gasteiger partial charge in [-0.15, -0.1) is 0 Å². The summed E-state index contributed by atoms with van der Waals surface area (Å²) in [4.78, 5) is 36.5. The summed E-state index contributed by atoms with van der Waals surface area (Å²) in [7, 11) is -4.17. The van der Waals surface area contributed by atoms with Crippen molar-refractivity contribution in [2.24, 2.45) is 0 Å². The van der Waals surface area contributed by atoms with Crippen LogP contribution in [-0.2, 0) is 26.0 Å². The highest BCUT2D eigenvalue weighted by molar-refractivity contribution is 7.90.